The number of halogens is 2. The molecule has 0 atom stereocenters. The number of benzene rings is 2. The lowest BCUT2D eigenvalue weighted by Crippen LogP contribution is -2.06. The summed E-state index contributed by atoms with van der Waals surface area (Å²) < 4.78 is 28.2. The van der Waals surface area contributed by atoms with Crippen molar-refractivity contribution in [3.05, 3.63) is 59.7 Å². The van der Waals surface area contributed by atoms with E-state index < -0.39 is 0 Å². The highest BCUT2D eigenvalue weighted by Crippen LogP contribution is 2.19. The molecule has 2 N–H and O–H groups in total. The number of hydrogen-bond acceptors (Lipinski definition) is 2. The van der Waals surface area contributed by atoms with Gasteiger partial charge >= 0.3 is 0 Å². The largest absolute Gasteiger partial charge is 0.369 e. The molecule has 1 aromatic heterocycles. The van der Waals surface area contributed by atoms with Crippen LogP contribution in [0.3, 0.4) is 0 Å². The first-order valence-electron chi connectivity index (χ1n) is 6.29. The summed E-state index contributed by atoms with van der Waals surface area (Å²) in [4.78, 5) is 4.18. The van der Waals surface area contributed by atoms with Gasteiger partial charge in [0.25, 0.3) is 0 Å². The predicted molar refractivity (Wildman–Crippen MR) is 74.2 cm³/mol. The Morgan fingerprint density at radius 2 is 1.85 bits per heavy atom. The van der Waals surface area contributed by atoms with Crippen molar-refractivity contribution in [2.75, 3.05) is 5.73 Å². The number of nitrogen functional groups attached to an aromatic ring is 1. The first-order valence-corrected chi connectivity index (χ1v) is 6.29. The van der Waals surface area contributed by atoms with Crippen LogP contribution in [-0.2, 0) is 13.0 Å². The highest BCUT2D eigenvalue weighted by atomic mass is 19.1. The van der Waals surface area contributed by atoms with Gasteiger partial charge in [0.2, 0.25) is 5.95 Å². The van der Waals surface area contributed by atoms with Gasteiger partial charge in [0, 0.05) is 6.54 Å². The van der Waals surface area contributed by atoms with E-state index >= 15 is 0 Å². The Balaban J connectivity index is 1.90. The van der Waals surface area contributed by atoms with Crippen LogP contribution >= 0.6 is 0 Å². The molecule has 0 spiro atoms. The van der Waals surface area contributed by atoms with E-state index in [4.69, 9.17) is 5.73 Å². The van der Waals surface area contributed by atoms with Crippen LogP contribution < -0.4 is 5.73 Å². The second-order valence-electron chi connectivity index (χ2n) is 4.63. The first kappa shape index (κ1) is 12.6. The van der Waals surface area contributed by atoms with Crippen molar-refractivity contribution in [3.63, 3.8) is 0 Å². The van der Waals surface area contributed by atoms with Crippen molar-refractivity contribution in [1.82, 2.24) is 9.55 Å². The van der Waals surface area contributed by atoms with E-state index in [0.717, 1.165) is 5.56 Å². The molecule has 0 fully saturated rings. The third-order valence-electron chi connectivity index (χ3n) is 3.25. The van der Waals surface area contributed by atoms with Crippen LogP contribution in [0.15, 0.2) is 42.5 Å². The molecule has 0 saturated carbocycles. The summed E-state index contributed by atoms with van der Waals surface area (Å²) in [5.74, 6) is -0.261. The first-order chi connectivity index (χ1) is 9.63. The Morgan fingerprint density at radius 3 is 2.65 bits per heavy atom. The summed E-state index contributed by atoms with van der Waals surface area (Å²) in [7, 11) is 0. The minimum atomic E-state index is -0.329. The summed E-state index contributed by atoms with van der Waals surface area (Å²) in [5, 5.41) is 0. The summed E-state index contributed by atoms with van der Waals surface area (Å²) in [6.45, 7) is 0.523. The molecular weight excluding hydrogens is 260 g/mol. The molecule has 102 valence electrons. The molecule has 0 aliphatic heterocycles. The van der Waals surface area contributed by atoms with E-state index in [-0.39, 0.29) is 11.6 Å². The average molecular weight is 273 g/mol. The van der Waals surface area contributed by atoms with Gasteiger partial charge in [-0.15, -0.1) is 0 Å². The van der Waals surface area contributed by atoms with E-state index in [0.29, 0.717) is 29.9 Å². The van der Waals surface area contributed by atoms with Crippen LogP contribution in [0.2, 0.25) is 0 Å². The zero-order valence-electron chi connectivity index (χ0n) is 10.7. The van der Waals surface area contributed by atoms with Crippen molar-refractivity contribution in [2.24, 2.45) is 0 Å². The highest BCUT2D eigenvalue weighted by Gasteiger charge is 2.09. The van der Waals surface area contributed by atoms with Gasteiger partial charge in [-0.05, 0) is 42.3 Å². The third kappa shape index (κ3) is 2.34. The molecule has 0 bridgehead atoms. The van der Waals surface area contributed by atoms with Crippen molar-refractivity contribution >= 4 is 17.0 Å². The normalized spacial score (nSPS) is 11.1. The fourth-order valence-electron chi connectivity index (χ4n) is 2.28. The molecule has 2 aromatic carbocycles. The molecule has 0 amide bonds. The van der Waals surface area contributed by atoms with E-state index in [1.165, 1.54) is 24.3 Å². The SMILES string of the molecule is Nc1nc2ccc(F)cc2n1CCc1cccc(F)c1. The Kier molecular flexibility index (Phi) is 3.10. The second-order valence-corrected chi connectivity index (χ2v) is 4.63. The number of hydrogen-bond donors (Lipinski definition) is 1. The zero-order valence-corrected chi connectivity index (χ0v) is 10.7. The van der Waals surface area contributed by atoms with Gasteiger partial charge in [0.1, 0.15) is 11.6 Å². The van der Waals surface area contributed by atoms with Crippen molar-refractivity contribution in [2.45, 2.75) is 13.0 Å². The third-order valence-corrected chi connectivity index (χ3v) is 3.25. The minimum Gasteiger partial charge on any atom is -0.369 e. The Bertz CT molecular complexity index is 765. The van der Waals surface area contributed by atoms with Gasteiger partial charge in [0.05, 0.1) is 11.0 Å². The number of anilines is 1. The minimum absolute atomic E-state index is 0.267. The number of aryl methyl sites for hydroxylation is 2. The number of fused-ring (bicyclic) bond motifs is 1. The fraction of sp³-hybridized carbons (Fsp3) is 0.133. The molecule has 3 aromatic rings. The van der Waals surface area contributed by atoms with Crippen LogP contribution in [0, 0.1) is 11.6 Å². The topological polar surface area (TPSA) is 43.8 Å². The molecule has 3 rings (SSSR count). The Hall–Kier alpha value is -2.43. The standard InChI is InChI=1S/C15H13F2N3/c16-11-3-1-2-10(8-11)6-7-20-14-9-12(17)4-5-13(14)19-15(20)18/h1-5,8-9H,6-7H2,(H2,18,19). The monoisotopic (exact) mass is 273 g/mol. The van der Waals surface area contributed by atoms with E-state index in [1.54, 1.807) is 16.7 Å². The quantitative estimate of drug-likeness (QED) is 0.796. The molecule has 0 unspecified atom stereocenters. The fourth-order valence-corrected chi connectivity index (χ4v) is 2.28. The number of imidazole rings is 1. The maximum Gasteiger partial charge on any atom is 0.201 e. The molecule has 1 heterocycles. The molecule has 20 heavy (non-hydrogen) atoms. The molecule has 0 saturated heterocycles. The van der Waals surface area contributed by atoms with Crippen LogP contribution in [0.5, 0.6) is 0 Å². The molecule has 0 aliphatic rings. The summed E-state index contributed by atoms with van der Waals surface area (Å²) in [6, 6.07) is 10.8. The molecule has 3 nitrogen and oxygen atoms in total. The van der Waals surface area contributed by atoms with Crippen molar-refractivity contribution in [3.8, 4) is 0 Å². The molecular formula is C15H13F2N3. The second kappa shape index (κ2) is 4.92. The van der Waals surface area contributed by atoms with Crippen LogP contribution in [-0.4, -0.2) is 9.55 Å². The van der Waals surface area contributed by atoms with Crippen LogP contribution in [0.25, 0.3) is 11.0 Å². The summed E-state index contributed by atoms with van der Waals surface area (Å²) in [5.41, 5.74) is 8.02. The lowest BCUT2D eigenvalue weighted by Gasteiger charge is -2.07. The van der Waals surface area contributed by atoms with Gasteiger partial charge in [-0.25, -0.2) is 13.8 Å². The number of nitrogens with zero attached hydrogens (tertiary/aromatic N) is 2. The van der Waals surface area contributed by atoms with Crippen LogP contribution in [0.4, 0.5) is 14.7 Å². The number of rotatable bonds is 3. The van der Waals surface area contributed by atoms with E-state index in [9.17, 15) is 8.78 Å². The average Bonchev–Trinajstić information content (AvgIpc) is 2.72. The highest BCUT2D eigenvalue weighted by molar-refractivity contribution is 5.78. The smallest absolute Gasteiger partial charge is 0.201 e. The van der Waals surface area contributed by atoms with E-state index in [2.05, 4.69) is 4.98 Å². The number of aromatic nitrogens is 2. The predicted octanol–water partition coefficient (Wildman–Crippen LogP) is 3.14. The van der Waals surface area contributed by atoms with Gasteiger partial charge in [-0.1, -0.05) is 12.1 Å². The lowest BCUT2D eigenvalue weighted by atomic mass is 10.1. The number of nitrogens with two attached hydrogens (primary N) is 1. The zero-order chi connectivity index (χ0) is 14.1. The van der Waals surface area contributed by atoms with Gasteiger partial charge in [-0.3, -0.25) is 0 Å². The maximum absolute atomic E-state index is 13.3. The molecule has 0 aliphatic carbocycles. The summed E-state index contributed by atoms with van der Waals surface area (Å²) in [6.07, 6.45) is 0.601. The van der Waals surface area contributed by atoms with Crippen LogP contribution in [0.1, 0.15) is 5.56 Å². The van der Waals surface area contributed by atoms with Gasteiger partial charge in [0.15, 0.2) is 0 Å². The Labute approximate surface area is 114 Å². The molecule has 0 radical (unpaired) electrons. The van der Waals surface area contributed by atoms with Gasteiger partial charge < -0.3 is 10.3 Å². The summed E-state index contributed by atoms with van der Waals surface area (Å²) >= 11 is 0. The van der Waals surface area contributed by atoms with E-state index in [1.807, 2.05) is 6.07 Å². The molecule has 5 heteroatoms. The Morgan fingerprint density at radius 1 is 1.05 bits per heavy atom. The van der Waals surface area contributed by atoms with Gasteiger partial charge in [-0.2, -0.15) is 0 Å². The van der Waals surface area contributed by atoms with Crippen molar-refractivity contribution < 1.29 is 8.78 Å². The maximum atomic E-state index is 13.3. The lowest BCUT2D eigenvalue weighted by molar-refractivity contribution is 0.622. The van der Waals surface area contributed by atoms with Crippen molar-refractivity contribution in [1.29, 1.82) is 0 Å².